The van der Waals surface area contributed by atoms with Gasteiger partial charge in [-0.3, -0.25) is 0 Å². The number of benzene rings is 2. The molecule has 2 aromatic carbocycles. The average molecular weight is 455 g/mol. The fourth-order valence-corrected chi connectivity index (χ4v) is 3.65. The van der Waals surface area contributed by atoms with E-state index in [-0.39, 0.29) is 22.9 Å². The van der Waals surface area contributed by atoms with Gasteiger partial charge in [-0.2, -0.15) is 0 Å². The highest BCUT2D eigenvalue weighted by molar-refractivity contribution is 5.88. The van der Waals surface area contributed by atoms with E-state index in [1.54, 1.807) is 6.20 Å². The van der Waals surface area contributed by atoms with Crippen LogP contribution in [0.15, 0.2) is 48.8 Å². The van der Waals surface area contributed by atoms with Crippen molar-refractivity contribution < 1.29 is 0 Å². The Balaban J connectivity index is 1.55. The molecule has 0 saturated heterocycles. The fourth-order valence-electron chi connectivity index (χ4n) is 3.65. The summed E-state index contributed by atoms with van der Waals surface area (Å²) >= 11 is 0. The molecule has 2 aromatic heterocycles. The molecule has 0 spiro atoms. The maximum absolute atomic E-state index is 6.36. The average Bonchev–Trinajstić information content (AvgIpc) is 3.45. The van der Waals surface area contributed by atoms with Crippen LogP contribution in [0.25, 0.3) is 22.0 Å². The first-order valence-electron chi connectivity index (χ1n) is 11.6. The van der Waals surface area contributed by atoms with Crippen LogP contribution in [0.4, 0.5) is 0 Å². The van der Waals surface area contributed by atoms with Crippen molar-refractivity contribution >= 4 is 10.8 Å². The van der Waals surface area contributed by atoms with Crippen molar-refractivity contribution in [2.45, 2.75) is 53.6 Å². The number of hydrogen-bond acceptors (Lipinski definition) is 4. The molecule has 4 aromatic rings. The van der Waals surface area contributed by atoms with E-state index in [0.29, 0.717) is 0 Å². The summed E-state index contributed by atoms with van der Waals surface area (Å²) in [6.45, 7) is 12.6. The van der Waals surface area contributed by atoms with Crippen LogP contribution >= 0.6 is 0 Å². The number of nitrogens with zero attached hydrogens (tertiary/aromatic N) is 2. The Hall–Kier alpha value is -3.40. The van der Waals surface area contributed by atoms with Gasteiger partial charge in [0.2, 0.25) is 0 Å². The number of nitrogens with two attached hydrogens (primary N) is 2. The van der Waals surface area contributed by atoms with E-state index >= 15 is 0 Å². The van der Waals surface area contributed by atoms with E-state index in [1.165, 1.54) is 0 Å². The Morgan fingerprint density at radius 3 is 2.00 bits per heavy atom. The number of H-pyrrole nitrogens is 2. The van der Waals surface area contributed by atoms with Gasteiger partial charge in [-0.05, 0) is 45.7 Å². The first-order valence-corrected chi connectivity index (χ1v) is 11.6. The van der Waals surface area contributed by atoms with E-state index in [4.69, 9.17) is 11.5 Å². The number of imidazole rings is 2. The smallest absolute Gasteiger partial charge is 0.124 e. The second-order valence-electron chi connectivity index (χ2n) is 11.1. The summed E-state index contributed by atoms with van der Waals surface area (Å²) in [5.74, 6) is 7.96. The minimum absolute atomic E-state index is 0.0632. The molecule has 34 heavy (non-hydrogen) atoms. The van der Waals surface area contributed by atoms with Crippen LogP contribution in [0.2, 0.25) is 0 Å². The molecule has 0 saturated carbocycles. The standard InChI is InChI=1S/C28H34N6/c1-27(2,3)23(29)25-31-15-21(33-25)12-8-17-7-9-19-14-20(11-10-18(19)13-17)22-16-32-26(34-22)24(30)28(4,5)6/h7,9-11,13-16,23-24H,29-30H2,1-6H3,(H,31,33)(H,32,34)/t23-,24-/m1/s1. The first kappa shape index (κ1) is 23.7. The summed E-state index contributed by atoms with van der Waals surface area (Å²) in [5.41, 5.74) is 16.2. The zero-order valence-corrected chi connectivity index (χ0v) is 20.8. The first-order chi connectivity index (χ1) is 15.9. The van der Waals surface area contributed by atoms with Crippen LogP contribution in [0.5, 0.6) is 0 Å². The lowest BCUT2D eigenvalue weighted by molar-refractivity contribution is 0.316. The summed E-state index contributed by atoms with van der Waals surface area (Å²) in [4.78, 5) is 15.6. The van der Waals surface area contributed by atoms with Crippen LogP contribution in [0.1, 0.15) is 76.5 Å². The van der Waals surface area contributed by atoms with Gasteiger partial charge < -0.3 is 21.4 Å². The Morgan fingerprint density at radius 1 is 0.735 bits per heavy atom. The van der Waals surface area contributed by atoms with Crippen LogP contribution < -0.4 is 11.5 Å². The van der Waals surface area contributed by atoms with Gasteiger partial charge in [0.25, 0.3) is 0 Å². The predicted octanol–water partition coefficient (Wildman–Crippen LogP) is 5.44. The number of fused-ring (bicyclic) bond motifs is 1. The second-order valence-corrected chi connectivity index (χ2v) is 11.1. The SMILES string of the molecule is CC(C)(C)[C@H](N)c1ncc(C#Cc2ccc3cc(-c4cnc([C@@H](N)C(C)(C)C)[nH]4)ccc3c2)[nH]1. The largest absolute Gasteiger partial charge is 0.341 e. The molecule has 0 aliphatic carbocycles. The molecule has 2 atom stereocenters. The second kappa shape index (κ2) is 8.75. The minimum atomic E-state index is -0.173. The molecule has 0 aliphatic heterocycles. The molecule has 6 N–H and O–H groups in total. The highest BCUT2D eigenvalue weighted by Crippen LogP contribution is 2.31. The van der Waals surface area contributed by atoms with Crippen molar-refractivity contribution in [1.82, 2.24) is 19.9 Å². The molecule has 0 unspecified atom stereocenters. The molecule has 2 heterocycles. The minimum Gasteiger partial charge on any atom is -0.341 e. The van der Waals surface area contributed by atoms with Gasteiger partial charge in [-0.15, -0.1) is 0 Å². The summed E-state index contributed by atoms with van der Waals surface area (Å²) < 4.78 is 0. The summed E-state index contributed by atoms with van der Waals surface area (Å²) in [6, 6.07) is 12.2. The molecule has 0 bridgehead atoms. The Morgan fingerprint density at radius 2 is 1.32 bits per heavy atom. The molecule has 0 radical (unpaired) electrons. The molecular weight excluding hydrogens is 420 g/mol. The third-order valence-electron chi connectivity index (χ3n) is 6.14. The summed E-state index contributed by atoms with van der Waals surface area (Å²) in [6.07, 6.45) is 3.59. The van der Waals surface area contributed by atoms with Crippen molar-refractivity contribution in [3.63, 3.8) is 0 Å². The molecular formula is C28H34N6. The maximum Gasteiger partial charge on any atom is 0.124 e. The molecule has 4 rings (SSSR count). The number of nitrogens with one attached hydrogen (secondary N) is 2. The van der Waals surface area contributed by atoms with Crippen molar-refractivity contribution in [3.05, 3.63) is 71.7 Å². The highest BCUT2D eigenvalue weighted by Gasteiger charge is 2.25. The van der Waals surface area contributed by atoms with Crippen LogP contribution in [-0.2, 0) is 0 Å². The van der Waals surface area contributed by atoms with E-state index in [0.717, 1.165) is 44.9 Å². The fraction of sp³-hybridized carbons (Fsp3) is 0.357. The van der Waals surface area contributed by atoms with Gasteiger partial charge in [0.15, 0.2) is 0 Å². The van der Waals surface area contributed by atoms with Gasteiger partial charge in [0.1, 0.15) is 17.3 Å². The topological polar surface area (TPSA) is 109 Å². The Labute approximate surface area is 201 Å². The number of aromatic amines is 2. The molecule has 0 fully saturated rings. The third kappa shape index (κ3) is 5.06. The van der Waals surface area contributed by atoms with E-state index in [9.17, 15) is 0 Å². The van der Waals surface area contributed by atoms with Crippen LogP contribution in [0, 0.1) is 22.7 Å². The van der Waals surface area contributed by atoms with Gasteiger partial charge >= 0.3 is 0 Å². The van der Waals surface area contributed by atoms with Gasteiger partial charge in [-0.25, -0.2) is 9.97 Å². The predicted molar refractivity (Wildman–Crippen MR) is 139 cm³/mol. The van der Waals surface area contributed by atoms with E-state index < -0.39 is 0 Å². The number of aromatic nitrogens is 4. The van der Waals surface area contributed by atoms with Crippen LogP contribution in [-0.4, -0.2) is 19.9 Å². The number of hydrogen-bond donors (Lipinski definition) is 4. The van der Waals surface area contributed by atoms with E-state index in [1.807, 2.05) is 12.3 Å². The summed E-state index contributed by atoms with van der Waals surface area (Å²) in [7, 11) is 0. The Bertz CT molecular complexity index is 1370. The van der Waals surface area contributed by atoms with Crippen LogP contribution in [0.3, 0.4) is 0 Å². The van der Waals surface area contributed by atoms with Crippen molar-refractivity contribution in [3.8, 4) is 23.1 Å². The molecule has 6 nitrogen and oxygen atoms in total. The van der Waals surface area contributed by atoms with Gasteiger partial charge in [0.05, 0.1) is 30.2 Å². The van der Waals surface area contributed by atoms with Crippen molar-refractivity contribution in [2.24, 2.45) is 22.3 Å². The zero-order chi connectivity index (χ0) is 24.7. The van der Waals surface area contributed by atoms with Crippen molar-refractivity contribution in [2.75, 3.05) is 0 Å². The van der Waals surface area contributed by atoms with E-state index in [2.05, 4.69) is 104 Å². The lowest BCUT2D eigenvalue weighted by Gasteiger charge is -2.25. The molecule has 6 heteroatoms. The monoisotopic (exact) mass is 454 g/mol. The molecule has 176 valence electrons. The third-order valence-corrected chi connectivity index (χ3v) is 6.14. The molecule has 0 amide bonds. The van der Waals surface area contributed by atoms with Crippen molar-refractivity contribution in [1.29, 1.82) is 0 Å². The zero-order valence-electron chi connectivity index (χ0n) is 20.8. The normalized spacial score (nSPS) is 14.0. The summed E-state index contributed by atoms with van der Waals surface area (Å²) in [5, 5.41) is 2.26. The molecule has 0 aliphatic rings. The van der Waals surface area contributed by atoms with Gasteiger partial charge in [-0.1, -0.05) is 65.7 Å². The quantitative estimate of drug-likeness (QED) is 0.309. The highest BCUT2D eigenvalue weighted by atomic mass is 15.0. The lowest BCUT2D eigenvalue weighted by atomic mass is 9.87. The van der Waals surface area contributed by atoms with Gasteiger partial charge in [0, 0.05) is 11.1 Å². The number of rotatable bonds is 3. The lowest BCUT2D eigenvalue weighted by Crippen LogP contribution is -2.27. The Kier molecular flexibility index (Phi) is 6.11. The maximum atomic E-state index is 6.36.